The fourth-order valence-corrected chi connectivity index (χ4v) is 4.70. The summed E-state index contributed by atoms with van der Waals surface area (Å²) in [5.41, 5.74) is 2.82. The van der Waals surface area contributed by atoms with Gasteiger partial charge in [0.2, 0.25) is 5.91 Å². The molecular weight excluding hydrogens is 481 g/mol. The number of hydrogen-bond donors (Lipinski definition) is 2. The van der Waals surface area contributed by atoms with Crippen molar-refractivity contribution in [3.63, 3.8) is 0 Å². The lowest BCUT2D eigenvalue weighted by Crippen LogP contribution is -2.50. The molecule has 1 aromatic heterocycles. The molecule has 0 radical (unpaired) electrons. The number of nitrogens with one attached hydrogen (secondary N) is 2. The Hall–Kier alpha value is -4.40. The summed E-state index contributed by atoms with van der Waals surface area (Å²) >= 11 is 0. The second kappa shape index (κ2) is 9.24. The Balaban J connectivity index is 1.62. The molecule has 0 fully saturated rings. The summed E-state index contributed by atoms with van der Waals surface area (Å²) in [4.78, 5) is 26.6. The second-order valence-electron chi connectivity index (χ2n) is 9.00. The number of carbonyl (C=O) groups is 2. The molecule has 188 valence electrons. The predicted molar refractivity (Wildman–Crippen MR) is 133 cm³/mol. The minimum atomic E-state index is -4.50. The Kier molecular flexibility index (Phi) is 6.07. The molecule has 0 saturated heterocycles. The molecule has 9 heteroatoms. The third kappa shape index (κ3) is 4.60. The molecule has 4 aromatic rings. The smallest absolute Gasteiger partial charge is 0.339 e. The molecule has 5 rings (SSSR count). The van der Waals surface area contributed by atoms with Crippen molar-refractivity contribution in [1.82, 2.24) is 15.1 Å². The predicted octanol–water partition coefficient (Wildman–Crippen LogP) is 5.39. The van der Waals surface area contributed by atoms with E-state index in [1.807, 2.05) is 43.3 Å². The maximum atomic E-state index is 13.4. The summed E-state index contributed by atoms with van der Waals surface area (Å²) in [6.45, 7) is 3.62. The molecule has 2 N–H and O–H groups in total. The van der Waals surface area contributed by atoms with Crippen LogP contribution in [0.25, 0.3) is 5.69 Å². The van der Waals surface area contributed by atoms with Crippen LogP contribution in [0.15, 0.2) is 78.9 Å². The van der Waals surface area contributed by atoms with Gasteiger partial charge in [0.25, 0.3) is 5.91 Å². The van der Waals surface area contributed by atoms with Crippen LogP contribution in [-0.4, -0.2) is 27.6 Å². The van der Waals surface area contributed by atoms with Gasteiger partial charge < -0.3 is 10.6 Å². The number of benzene rings is 3. The largest absolute Gasteiger partial charge is 0.416 e. The van der Waals surface area contributed by atoms with E-state index in [0.717, 1.165) is 17.7 Å². The van der Waals surface area contributed by atoms with Crippen LogP contribution in [0, 0.1) is 13.8 Å². The second-order valence-corrected chi connectivity index (χ2v) is 9.00. The maximum absolute atomic E-state index is 13.4. The molecule has 2 amide bonds. The van der Waals surface area contributed by atoms with Crippen LogP contribution in [0.4, 0.5) is 19.0 Å². The highest BCUT2D eigenvalue weighted by Gasteiger charge is 2.42. The van der Waals surface area contributed by atoms with Gasteiger partial charge in [-0.2, -0.15) is 18.3 Å². The van der Waals surface area contributed by atoms with E-state index in [4.69, 9.17) is 0 Å². The van der Waals surface area contributed by atoms with Crippen molar-refractivity contribution >= 4 is 17.6 Å². The standard InChI is InChI=1S/C28H23F3N4O2/c1-16-7-6-8-19(15-16)26(36)32-24-23(18-11-13-20(14-12-18)28(29,30)31)22-17(2)34-35(25(22)33-27(24)37)21-9-4-3-5-10-21/h3-15,23-24H,1-2H3,(H,32,36)(H,33,37)/t23-,24+/m0/s1. The van der Waals surface area contributed by atoms with E-state index in [1.54, 1.807) is 29.8 Å². The molecular formula is C28H23F3N4O2. The van der Waals surface area contributed by atoms with Crippen molar-refractivity contribution < 1.29 is 22.8 Å². The lowest BCUT2D eigenvalue weighted by Gasteiger charge is -2.33. The van der Waals surface area contributed by atoms with E-state index in [9.17, 15) is 22.8 Å². The monoisotopic (exact) mass is 504 g/mol. The topological polar surface area (TPSA) is 76.0 Å². The molecule has 1 aliphatic heterocycles. The van der Waals surface area contributed by atoms with Crippen molar-refractivity contribution in [3.05, 3.63) is 112 Å². The van der Waals surface area contributed by atoms with E-state index in [1.165, 1.54) is 12.1 Å². The average molecular weight is 505 g/mol. The molecule has 3 aromatic carbocycles. The van der Waals surface area contributed by atoms with Gasteiger partial charge in [0.1, 0.15) is 11.9 Å². The van der Waals surface area contributed by atoms with Gasteiger partial charge in [-0.05, 0) is 55.8 Å². The first-order valence-corrected chi connectivity index (χ1v) is 11.6. The quantitative estimate of drug-likeness (QED) is 0.391. The molecule has 2 atom stereocenters. The van der Waals surface area contributed by atoms with Crippen LogP contribution < -0.4 is 10.6 Å². The van der Waals surface area contributed by atoms with Crippen molar-refractivity contribution in [2.24, 2.45) is 0 Å². The highest BCUT2D eigenvalue weighted by Crippen LogP contribution is 2.41. The summed E-state index contributed by atoms with van der Waals surface area (Å²) in [6, 6.07) is 19.7. The van der Waals surface area contributed by atoms with E-state index in [2.05, 4.69) is 15.7 Å². The highest BCUT2D eigenvalue weighted by atomic mass is 19.4. The molecule has 2 heterocycles. The summed E-state index contributed by atoms with van der Waals surface area (Å²) < 4.78 is 41.4. The van der Waals surface area contributed by atoms with Gasteiger partial charge in [-0.1, -0.05) is 48.0 Å². The van der Waals surface area contributed by atoms with Crippen LogP contribution in [-0.2, 0) is 11.0 Å². The maximum Gasteiger partial charge on any atom is 0.416 e. The van der Waals surface area contributed by atoms with Gasteiger partial charge in [0.15, 0.2) is 0 Å². The summed E-state index contributed by atoms with van der Waals surface area (Å²) in [5, 5.41) is 10.3. The highest BCUT2D eigenvalue weighted by molar-refractivity contribution is 6.04. The Morgan fingerprint density at radius 2 is 1.68 bits per heavy atom. The Morgan fingerprint density at radius 1 is 0.973 bits per heavy atom. The van der Waals surface area contributed by atoms with Crippen LogP contribution in [0.1, 0.15) is 44.2 Å². The molecule has 0 unspecified atom stereocenters. The summed E-state index contributed by atoms with van der Waals surface area (Å²) in [5.74, 6) is -1.30. The Labute approximate surface area is 211 Å². The van der Waals surface area contributed by atoms with E-state index < -0.39 is 35.5 Å². The minimum absolute atomic E-state index is 0.376. The number of aryl methyl sites for hydroxylation is 2. The van der Waals surface area contributed by atoms with Gasteiger partial charge in [-0.15, -0.1) is 0 Å². The molecule has 6 nitrogen and oxygen atoms in total. The zero-order valence-electron chi connectivity index (χ0n) is 20.0. The normalized spacial score (nSPS) is 17.2. The first kappa shape index (κ1) is 24.3. The Morgan fingerprint density at radius 3 is 2.32 bits per heavy atom. The third-order valence-corrected chi connectivity index (χ3v) is 6.44. The van der Waals surface area contributed by atoms with E-state index >= 15 is 0 Å². The summed E-state index contributed by atoms with van der Waals surface area (Å²) in [6.07, 6.45) is -4.50. The number of fused-ring (bicyclic) bond motifs is 1. The van der Waals surface area contributed by atoms with Crippen LogP contribution in [0.2, 0.25) is 0 Å². The lowest BCUT2D eigenvalue weighted by atomic mass is 9.81. The number of aromatic nitrogens is 2. The lowest BCUT2D eigenvalue weighted by molar-refractivity contribution is -0.137. The molecule has 0 spiro atoms. The minimum Gasteiger partial charge on any atom is -0.339 e. The van der Waals surface area contributed by atoms with Gasteiger partial charge in [0, 0.05) is 17.0 Å². The molecule has 0 saturated carbocycles. The van der Waals surface area contributed by atoms with E-state index in [0.29, 0.717) is 33.9 Å². The number of amides is 2. The first-order chi connectivity index (χ1) is 17.6. The van der Waals surface area contributed by atoms with E-state index in [-0.39, 0.29) is 0 Å². The number of hydrogen-bond acceptors (Lipinski definition) is 3. The van der Waals surface area contributed by atoms with Crippen molar-refractivity contribution in [1.29, 1.82) is 0 Å². The molecule has 1 aliphatic rings. The zero-order chi connectivity index (χ0) is 26.3. The number of carbonyl (C=O) groups excluding carboxylic acids is 2. The number of halogens is 3. The molecule has 0 aliphatic carbocycles. The number of para-hydroxylation sites is 1. The third-order valence-electron chi connectivity index (χ3n) is 6.44. The van der Waals surface area contributed by atoms with Gasteiger partial charge in [0.05, 0.1) is 16.9 Å². The number of anilines is 1. The fourth-order valence-electron chi connectivity index (χ4n) is 4.70. The van der Waals surface area contributed by atoms with Crippen LogP contribution in [0.3, 0.4) is 0 Å². The van der Waals surface area contributed by atoms with Crippen molar-refractivity contribution in [3.8, 4) is 5.69 Å². The van der Waals surface area contributed by atoms with Crippen molar-refractivity contribution in [2.45, 2.75) is 32.0 Å². The number of alkyl halides is 3. The van der Waals surface area contributed by atoms with Gasteiger partial charge in [-0.3, -0.25) is 9.59 Å². The SMILES string of the molecule is Cc1cccc(C(=O)N[C@H]2C(=O)Nc3c(c(C)nn3-c3ccccc3)[C@@H]2c2ccc(C(F)(F)F)cc2)c1. The van der Waals surface area contributed by atoms with Crippen LogP contribution >= 0.6 is 0 Å². The van der Waals surface area contributed by atoms with Gasteiger partial charge in [-0.25, -0.2) is 4.68 Å². The van der Waals surface area contributed by atoms with Crippen LogP contribution in [0.5, 0.6) is 0 Å². The Bertz CT molecular complexity index is 1480. The molecule has 0 bridgehead atoms. The van der Waals surface area contributed by atoms with Gasteiger partial charge >= 0.3 is 6.18 Å². The van der Waals surface area contributed by atoms with Crippen molar-refractivity contribution in [2.75, 3.05) is 5.32 Å². The first-order valence-electron chi connectivity index (χ1n) is 11.6. The molecule has 37 heavy (non-hydrogen) atoms. The summed E-state index contributed by atoms with van der Waals surface area (Å²) in [7, 11) is 0. The zero-order valence-corrected chi connectivity index (χ0v) is 20.0. The fraction of sp³-hybridized carbons (Fsp3) is 0.179. The average Bonchev–Trinajstić information content (AvgIpc) is 3.20. The number of nitrogens with zero attached hydrogens (tertiary/aromatic N) is 2. The number of rotatable bonds is 4.